The normalized spacial score (nSPS) is 20.4. The number of nitrogens with zero attached hydrogens (tertiary/aromatic N) is 4. The van der Waals surface area contributed by atoms with Gasteiger partial charge in [0.05, 0.1) is 5.75 Å². The van der Waals surface area contributed by atoms with E-state index in [0.717, 1.165) is 35.9 Å². The second-order valence-electron chi connectivity index (χ2n) is 7.08. The minimum Gasteiger partial charge on any atom is -0.337 e. The van der Waals surface area contributed by atoms with Gasteiger partial charge in [-0.1, -0.05) is 36.0 Å². The van der Waals surface area contributed by atoms with Crippen molar-refractivity contribution in [1.82, 2.24) is 19.7 Å². The smallest absolute Gasteiger partial charge is 0.233 e. The molecule has 3 rings (SSSR count). The van der Waals surface area contributed by atoms with Crippen LogP contribution in [-0.4, -0.2) is 43.4 Å². The molecule has 2 heterocycles. The SMILES string of the molecule is CCn1c(SCC(=O)N2[C@H](C)CCC[C@H]2C)nnc1-c1ccccc1C. The van der Waals surface area contributed by atoms with E-state index in [1.165, 1.54) is 23.7 Å². The number of carbonyl (C=O) groups excluding carboxylic acids is 1. The van der Waals surface area contributed by atoms with Gasteiger partial charge in [0.2, 0.25) is 5.91 Å². The number of thioether (sulfide) groups is 1. The van der Waals surface area contributed by atoms with Gasteiger partial charge >= 0.3 is 0 Å². The minimum atomic E-state index is 0.206. The van der Waals surface area contributed by atoms with Gasteiger partial charge in [-0.25, -0.2) is 0 Å². The van der Waals surface area contributed by atoms with Crippen molar-refractivity contribution in [3.63, 3.8) is 0 Å². The molecular weight excluding hydrogens is 344 g/mol. The molecule has 1 aromatic heterocycles. The van der Waals surface area contributed by atoms with E-state index < -0.39 is 0 Å². The van der Waals surface area contributed by atoms with Crippen LogP contribution in [0.15, 0.2) is 29.4 Å². The van der Waals surface area contributed by atoms with E-state index in [2.05, 4.69) is 59.5 Å². The van der Waals surface area contributed by atoms with E-state index in [1.54, 1.807) is 0 Å². The van der Waals surface area contributed by atoms with Crippen molar-refractivity contribution in [2.24, 2.45) is 0 Å². The molecular formula is C20H28N4OS. The quantitative estimate of drug-likeness (QED) is 0.740. The van der Waals surface area contributed by atoms with E-state index in [4.69, 9.17) is 0 Å². The van der Waals surface area contributed by atoms with Crippen LogP contribution in [0.2, 0.25) is 0 Å². The molecule has 26 heavy (non-hydrogen) atoms. The summed E-state index contributed by atoms with van der Waals surface area (Å²) in [5.74, 6) is 1.50. The van der Waals surface area contributed by atoms with Crippen molar-refractivity contribution in [2.75, 3.05) is 5.75 Å². The van der Waals surface area contributed by atoms with Gasteiger partial charge < -0.3 is 9.47 Å². The number of carbonyl (C=O) groups is 1. The second-order valence-corrected chi connectivity index (χ2v) is 8.03. The molecule has 0 unspecified atom stereocenters. The van der Waals surface area contributed by atoms with Crippen molar-refractivity contribution >= 4 is 17.7 Å². The van der Waals surface area contributed by atoms with E-state index in [-0.39, 0.29) is 5.91 Å². The summed E-state index contributed by atoms with van der Waals surface area (Å²) in [6.07, 6.45) is 3.41. The van der Waals surface area contributed by atoms with Crippen LogP contribution in [0.1, 0.15) is 45.6 Å². The molecule has 1 aliphatic rings. The highest BCUT2D eigenvalue weighted by molar-refractivity contribution is 7.99. The van der Waals surface area contributed by atoms with Gasteiger partial charge in [0.1, 0.15) is 0 Å². The summed E-state index contributed by atoms with van der Waals surface area (Å²) >= 11 is 1.50. The lowest BCUT2D eigenvalue weighted by molar-refractivity contribution is -0.134. The number of aryl methyl sites for hydroxylation is 1. The Hall–Kier alpha value is -1.82. The lowest BCUT2D eigenvalue weighted by Crippen LogP contribution is -2.48. The highest BCUT2D eigenvalue weighted by Crippen LogP contribution is 2.28. The fourth-order valence-electron chi connectivity index (χ4n) is 3.82. The molecule has 0 spiro atoms. The van der Waals surface area contributed by atoms with Crippen molar-refractivity contribution in [2.45, 2.75) is 70.7 Å². The number of aromatic nitrogens is 3. The Bertz CT molecular complexity index is 763. The Labute approximate surface area is 160 Å². The number of likely N-dealkylation sites (tertiary alicyclic amines) is 1. The van der Waals surface area contributed by atoms with Crippen LogP contribution in [0.3, 0.4) is 0 Å². The molecule has 0 saturated carbocycles. The van der Waals surface area contributed by atoms with Gasteiger partial charge in [-0.2, -0.15) is 0 Å². The number of hydrogen-bond acceptors (Lipinski definition) is 4. The van der Waals surface area contributed by atoms with Crippen molar-refractivity contribution in [3.8, 4) is 11.4 Å². The van der Waals surface area contributed by atoms with E-state index in [1.807, 2.05) is 12.1 Å². The van der Waals surface area contributed by atoms with E-state index in [9.17, 15) is 4.79 Å². The number of rotatable bonds is 5. The Morgan fingerprint density at radius 2 is 1.88 bits per heavy atom. The van der Waals surface area contributed by atoms with Crippen LogP contribution in [-0.2, 0) is 11.3 Å². The fourth-order valence-corrected chi connectivity index (χ4v) is 4.69. The molecule has 5 nitrogen and oxygen atoms in total. The first-order valence-electron chi connectivity index (χ1n) is 9.46. The molecule has 0 radical (unpaired) electrons. The zero-order valence-electron chi connectivity index (χ0n) is 16.1. The third kappa shape index (κ3) is 3.80. The molecule has 0 N–H and O–H groups in total. The summed E-state index contributed by atoms with van der Waals surface area (Å²) in [6, 6.07) is 8.87. The Morgan fingerprint density at radius 1 is 1.19 bits per heavy atom. The number of amides is 1. The molecule has 2 atom stereocenters. The molecule has 0 aliphatic carbocycles. The molecule has 2 aromatic rings. The lowest BCUT2D eigenvalue weighted by Gasteiger charge is -2.39. The number of benzene rings is 1. The highest BCUT2D eigenvalue weighted by Gasteiger charge is 2.29. The summed E-state index contributed by atoms with van der Waals surface area (Å²) in [5, 5.41) is 9.59. The third-order valence-corrected chi connectivity index (χ3v) is 6.18. The predicted octanol–water partition coefficient (Wildman–Crippen LogP) is 4.16. The summed E-state index contributed by atoms with van der Waals surface area (Å²) in [6.45, 7) is 9.26. The van der Waals surface area contributed by atoms with Gasteiger partial charge in [0.15, 0.2) is 11.0 Å². The number of hydrogen-bond donors (Lipinski definition) is 0. The standard InChI is InChI=1S/C20H28N4OS/c1-5-23-19(17-12-7-6-9-14(17)2)21-22-20(23)26-13-18(25)24-15(3)10-8-11-16(24)4/h6-7,9,12,15-16H,5,8,10-11,13H2,1-4H3/t15-,16-/m1/s1. The molecule has 1 aromatic carbocycles. The van der Waals surface area contributed by atoms with Crippen LogP contribution in [0, 0.1) is 6.92 Å². The maximum atomic E-state index is 12.8. The molecule has 6 heteroatoms. The van der Waals surface area contributed by atoms with Gasteiger partial charge in [0.25, 0.3) is 0 Å². The zero-order chi connectivity index (χ0) is 18.7. The first-order valence-corrected chi connectivity index (χ1v) is 10.4. The van der Waals surface area contributed by atoms with Crippen molar-refractivity contribution in [3.05, 3.63) is 29.8 Å². The third-order valence-electron chi connectivity index (χ3n) is 5.23. The highest BCUT2D eigenvalue weighted by atomic mass is 32.2. The minimum absolute atomic E-state index is 0.206. The molecule has 1 aliphatic heterocycles. The summed E-state index contributed by atoms with van der Waals surface area (Å²) in [7, 11) is 0. The van der Waals surface area contributed by atoms with Gasteiger partial charge in [-0.15, -0.1) is 10.2 Å². The summed E-state index contributed by atoms with van der Waals surface area (Å²) < 4.78 is 2.10. The van der Waals surface area contributed by atoms with Gasteiger partial charge in [-0.05, 0) is 52.5 Å². The maximum absolute atomic E-state index is 12.8. The zero-order valence-corrected chi connectivity index (χ0v) is 16.9. The van der Waals surface area contributed by atoms with Crippen LogP contribution < -0.4 is 0 Å². The Balaban J connectivity index is 1.75. The first kappa shape index (κ1) is 19.0. The molecule has 0 bridgehead atoms. The molecule has 1 saturated heterocycles. The fraction of sp³-hybridized carbons (Fsp3) is 0.550. The van der Waals surface area contributed by atoms with Crippen molar-refractivity contribution in [1.29, 1.82) is 0 Å². The monoisotopic (exact) mass is 372 g/mol. The lowest BCUT2D eigenvalue weighted by atomic mass is 9.98. The van der Waals surface area contributed by atoms with Crippen LogP contribution in [0.25, 0.3) is 11.4 Å². The summed E-state index contributed by atoms with van der Waals surface area (Å²) in [4.78, 5) is 14.8. The van der Waals surface area contributed by atoms with Gasteiger partial charge in [-0.3, -0.25) is 4.79 Å². The molecule has 1 amide bonds. The van der Waals surface area contributed by atoms with Gasteiger partial charge in [0, 0.05) is 24.2 Å². The Kier molecular flexibility index (Phi) is 6.01. The van der Waals surface area contributed by atoms with Crippen molar-refractivity contribution < 1.29 is 4.79 Å². The number of piperidine rings is 1. The molecule has 1 fully saturated rings. The topological polar surface area (TPSA) is 51.0 Å². The molecule has 140 valence electrons. The second kappa shape index (κ2) is 8.25. The Morgan fingerprint density at radius 3 is 2.54 bits per heavy atom. The average Bonchev–Trinajstić information content (AvgIpc) is 3.03. The average molecular weight is 373 g/mol. The largest absolute Gasteiger partial charge is 0.337 e. The maximum Gasteiger partial charge on any atom is 0.233 e. The van der Waals surface area contributed by atoms with Crippen LogP contribution in [0.4, 0.5) is 0 Å². The predicted molar refractivity (Wildman–Crippen MR) is 106 cm³/mol. The first-order chi connectivity index (χ1) is 12.5. The van der Waals surface area contributed by atoms with E-state index in [0.29, 0.717) is 17.8 Å². The van der Waals surface area contributed by atoms with Crippen LogP contribution >= 0.6 is 11.8 Å². The van der Waals surface area contributed by atoms with E-state index >= 15 is 0 Å². The summed E-state index contributed by atoms with van der Waals surface area (Å²) in [5.41, 5.74) is 2.27. The van der Waals surface area contributed by atoms with Crippen LogP contribution in [0.5, 0.6) is 0 Å².